The second kappa shape index (κ2) is 12.8. The van der Waals surface area contributed by atoms with E-state index in [2.05, 4.69) is 37.4 Å². The molecule has 38 heavy (non-hydrogen) atoms. The van der Waals surface area contributed by atoms with Gasteiger partial charge in [0, 0.05) is 38.1 Å². The highest BCUT2D eigenvalue weighted by Crippen LogP contribution is 2.30. The summed E-state index contributed by atoms with van der Waals surface area (Å²) in [5, 5.41) is 5.86. The number of hydrogen-bond acceptors (Lipinski definition) is 9. The lowest BCUT2D eigenvalue weighted by Crippen LogP contribution is -2.56. The van der Waals surface area contributed by atoms with Crippen molar-refractivity contribution in [2.45, 2.75) is 51.2 Å². The van der Waals surface area contributed by atoms with Crippen LogP contribution >= 0.6 is 0 Å². The van der Waals surface area contributed by atoms with E-state index in [1.165, 1.54) is 12.4 Å². The predicted octanol–water partition coefficient (Wildman–Crippen LogP) is 2.45. The van der Waals surface area contributed by atoms with Crippen LogP contribution in [0.25, 0.3) is 0 Å². The number of carbonyl (C=O) groups excluding carboxylic acids is 2. The second-order valence-electron chi connectivity index (χ2n) is 9.56. The molecule has 4 rings (SSSR count). The van der Waals surface area contributed by atoms with Gasteiger partial charge in [0.25, 0.3) is 0 Å². The number of urea groups is 1. The molecule has 3 atom stereocenters. The van der Waals surface area contributed by atoms with Crippen LogP contribution in [0.3, 0.4) is 0 Å². The topological polar surface area (TPSA) is 125 Å². The van der Waals surface area contributed by atoms with E-state index >= 15 is 0 Å². The Morgan fingerprint density at radius 3 is 2.74 bits per heavy atom. The number of nitrogens with one attached hydrogen (secondary N) is 2. The van der Waals surface area contributed by atoms with E-state index in [1.807, 2.05) is 24.9 Å². The van der Waals surface area contributed by atoms with Gasteiger partial charge in [0.1, 0.15) is 11.9 Å². The predicted molar refractivity (Wildman–Crippen MR) is 145 cm³/mol. The molecular formula is C26H38N8O4. The number of piperidine rings is 1. The molecule has 0 radical (unpaired) electrons. The van der Waals surface area contributed by atoms with Gasteiger partial charge in [-0.15, -0.1) is 0 Å². The molecule has 3 amide bonds. The number of amides is 3. The van der Waals surface area contributed by atoms with Crippen molar-refractivity contribution in [3.05, 3.63) is 30.7 Å². The Balaban J connectivity index is 1.43. The molecule has 0 bridgehead atoms. The van der Waals surface area contributed by atoms with Crippen LogP contribution < -0.4 is 20.3 Å². The van der Waals surface area contributed by atoms with E-state index < -0.39 is 0 Å². The van der Waals surface area contributed by atoms with Crippen molar-refractivity contribution in [1.29, 1.82) is 0 Å². The zero-order valence-electron chi connectivity index (χ0n) is 22.6. The summed E-state index contributed by atoms with van der Waals surface area (Å²) in [5.74, 6) is 1.46. The van der Waals surface area contributed by atoms with Gasteiger partial charge in [-0.1, -0.05) is 6.92 Å². The summed E-state index contributed by atoms with van der Waals surface area (Å²) in [5.41, 5.74) is 0.691. The minimum atomic E-state index is -0.324. The van der Waals surface area contributed by atoms with Crippen LogP contribution in [-0.4, -0.2) is 102 Å². The maximum atomic E-state index is 13.1. The van der Waals surface area contributed by atoms with Crippen LogP contribution in [0.1, 0.15) is 33.1 Å². The molecule has 2 aromatic heterocycles. The summed E-state index contributed by atoms with van der Waals surface area (Å²) in [7, 11) is 3.74. The summed E-state index contributed by atoms with van der Waals surface area (Å²) in [6, 6.07) is 3.16. The number of nitrogens with zero attached hydrogens (tertiary/aromatic N) is 6. The molecule has 0 spiro atoms. The van der Waals surface area contributed by atoms with Gasteiger partial charge in [0.15, 0.2) is 5.82 Å². The Labute approximate surface area is 223 Å². The van der Waals surface area contributed by atoms with Gasteiger partial charge in [-0.05, 0) is 39.3 Å². The van der Waals surface area contributed by atoms with Crippen molar-refractivity contribution in [2.75, 3.05) is 62.5 Å². The molecule has 3 unspecified atom stereocenters. The van der Waals surface area contributed by atoms with Gasteiger partial charge in [0.05, 0.1) is 44.3 Å². The lowest BCUT2D eigenvalue weighted by molar-refractivity contribution is -0.126. The molecule has 206 valence electrons. The fourth-order valence-electron chi connectivity index (χ4n) is 5.06. The van der Waals surface area contributed by atoms with E-state index in [-0.39, 0.29) is 30.1 Å². The van der Waals surface area contributed by atoms with E-state index in [1.54, 1.807) is 24.2 Å². The van der Waals surface area contributed by atoms with Crippen molar-refractivity contribution >= 4 is 29.3 Å². The number of ether oxygens (including phenoxy) is 2. The van der Waals surface area contributed by atoms with Crippen molar-refractivity contribution in [3.63, 3.8) is 0 Å². The maximum absolute atomic E-state index is 13.1. The Bertz CT molecular complexity index is 1090. The highest BCUT2D eigenvalue weighted by molar-refractivity contribution is 5.95. The Kier molecular flexibility index (Phi) is 9.29. The molecule has 2 aliphatic heterocycles. The molecule has 12 nitrogen and oxygen atoms in total. The Morgan fingerprint density at radius 1 is 1.18 bits per heavy atom. The summed E-state index contributed by atoms with van der Waals surface area (Å²) in [4.78, 5) is 45.0. The second-order valence-corrected chi connectivity index (χ2v) is 9.56. The number of rotatable bonds is 8. The zero-order valence-corrected chi connectivity index (χ0v) is 22.6. The van der Waals surface area contributed by atoms with Crippen LogP contribution in [0, 0.1) is 0 Å². The third-order valence-electron chi connectivity index (χ3n) is 7.14. The number of likely N-dealkylation sites (N-methyl/N-ethyl adjacent to an activating group) is 2. The minimum absolute atomic E-state index is 0.0301. The van der Waals surface area contributed by atoms with Crippen molar-refractivity contribution in [1.82, 2.24) is 24.8 Å². The molecule has 2 aromatic rings. The van der Waals surface area contributed by atoms with Crippen LogP contribution in [0.15, 0.2) is 30.7 Å². The summed E-state index contributed by atoms with van der Waals surface area (Å²) in [6.45, 7) is 7.03. The molecular weight excluding hydrogens is 488 g/mol. The number of morpholine rings is 1. The zero-order chi connectivity index (χ0) is 27.1. The van der Waals surface area contributed by atoms with Gasteiger partial charge in [-0.3, -0.25) is 15.0 Å². The lowest BCUT2D eigenvalue weighted by atomic mass is 9.93. The highest BCUT2D eigenvalue weighted by atomic mass is 16.5. The van der Waals surface area contributed by atoms with Gasteiger partial charge in [-0.25, -0.2) is 19.7 Å². The molecule has 2 fully saturated rings. The SMILES string of the molecule is CCOc1cnc(NC(=O)N(C)C2CCCN(c3cc(NC(=O)C4COCCN4C)ccn3)C2CC)cn1. The van der Waals surface area contributed by atoms with E-state index in [9.17, 15) is 9.59 Å². The average molecular weight is 527 g/mol. The number of hydrogen-bond donors (Lipinski definition) is 2. The Hall–Kier alpha value is -3.51. The fourth-order valence-corrected chi connectivity index (χ4v) is 5.06. The third-order valence-corrected chi connectivity index (χ3v) is 7.14. The molecule has 12 heteroatoms. The third kappa shape index (κ3) is 6.48. The molecule has 2 saturated heterocycles. The quantitative estimate of drug-likeness (QED) is 0.534. The monoisotopic (exact) mass is 526 g/mol. The molecule has 0 aliphatic carbocycles. The maximum Gasteiger partial charge on any atom is 0.323 e. The standard InChI is InChI=1S/C26H38N8O4/c1-5-19-20(33(4)26(36)31-22-15-29-24(16-28-22)38-6-2)8-7-11-34(19)23-14-18(9-10-27-23)30-25(35)21-17-37-13-12-32(21)3/h9-10,14-16,19-21H,5-8,11-13,17H2,1-4H3,(H,27,30,35)(H,28,31,36). The summed E-state index contributed by atoms with van der Waals surface area (Å²) in [6.07, 6.45) is 7.30. The Morgan fingerprint density at radius 2 is 2.03 bits per heavy atom. The number of carbonyl (C=O) groups is 2. The minimum Gasteiger partial charge on any atom is -0.477 e. The molecule has 2 N–H and O–H groups in total. The van der Waals surface area contributed by atoms with E-state index in [0.717, 1.165) is 38.2 Å². The number of anilines is 3. The smallest absolute Gasteiger partial charge is 0.323 e. The summed E-state index contributed by atoms with van der Waals surface area (Å²) < 4.78 is 10.8. The van der Waals surface area contributed by atoms with Gasteiger partial charge >= 0.3 is 6.03 Å². The van der Waals surface area contributed by atoms with Crippen LogP contribution in [0.4, 0.5) is 22.1 Å². The average Bonchev–Trinajstić information content (AvgIpc) is 2.93. The van der Waals surface area contributed by atoms with Gasteiger partial charge < -0.3 is 24.6 Å². The van der Waals surface area contributed by atoms with Crippen molar-refractivity contribution in [3.8, 4) is 5.88 Å². The first-order chi connectivity index (χ1) is 18.4. The highest BCUT2D eigenvalue weighted by Gasteiger charge is 2.36. The molecule has 0 saturated carbocycles. The van der Waals surface area contributed by atoms with Crippen LogP contribution in [-0.2, 0) is 9.53 Å². The van der Waals surface area contributed by atoms with Gasteiger partial charge in [0.2, 0.25) is 11.8 Å². The number of pyridine rings is 1. The van der Waals surface area contributed by atoms with Crippen LogP contribution in [0.2, 0.25) is 0 Å². The van der Waals surface area contributed by atoms with Crippen molar-refractivity contribution < 1.29 is 19.1 Å². The first-order valence-electron chi connectivity index (χ1n) is 13.2. The van der Waals surface area contributed by atoms with Gasteiger partial charge in [-0.2, -0.15) is 0 Å². The van der Waals surface area contributed by atoms with E-state index in [0.29, 0.717) is 37.2 Å². The van der Waals surface area contributed by atoms with E-state index in [4.69, 9.17) is 9.47 Å². The first-order valence-corrected chi connectivity index (χ1v) is 13.2. The first kappa shape index (κ1) is 27.5. The molecule has 2 aliphatic rings. The van der Waals surface area contributed by atoms with Crippen LogP contribution in [0.5, 0.6) is 5.88 Å². The lowest BCUT2D eigenvalue weighted by Gasteiger charge is -2.45. The summed E-state index contributed by atoms with van der Waals surface area (Å²) >= 11 is 0. The molecule has 4 heterocycles. The largest absolute Gasteiger partial charge is 0.477 e. The fraction of sp³-hybridized carbons (Fsp3) is 0.577. The normalized spacial score (nSPS) is 22.0. The molecule has 0 aromatic carbocycles. The number of aromatic nitrogens is 3. The van der Waals surface area contributed by atoms with Crippen molar-refractivity contribution in [2.24, 2.45) is 0 Å².